The van der Waals surface area contributed by atoms with Crippen LogP contribution in [-0.4, -0.2) is 19.7 Å². The van der Waals surface area contributed by atoms with Gasteiger partial charge in [0.25, 0.3) is 0 Å². The lowest BCUT2D eigenvalue weighted by Crippen LogP contribution is -2.19. The van der Waals surface area contributed by atoms with Crippen molar-refractivity contribution in [2.75, 3.05) is 5.73 Å². The molecular weight excluding hydrogens is 250 g/mol. The van der Waals surface area contributed by atoms with Crippen molar-refractivity contribution in [1.29, 1.82) is 0 Å². The second-order valence-electron chi connectivity index (χ2n) is 4.22. The molecule has 2 aromatic rings. The van der Waals surface area contributed by atoms with E-state index in [1.54, 1.807) is 10.6 Å². The number of nitrogens with two attached hydrogens (primary N) is 1. The molecule has 6 nitrogen and oxygen atoms in total. The van der Waals surface area contributed by atoms with Crippen molar-refractivity contribution in [3.8, 4) is 0 Å². The molecule has 2 rings (SSSR count). The highest BCUT2D eigenvalue weighted by Gasteiger charge is 2.14. The number of aromatic nitrogens is 4. The van der Waals surface area contributed by atoms with Gasteiger partial charge in [-0.25, -0.2) is 14.9 Å². The minimum atomic E-state index is -0.223. The Kier molecular flexibility index (Phi) is 3.42. The number of nitrogen functional groups attached to an aromatic ring is 1. The first kappa shape index (κ1) is 12.7. The lowest BCUT2D eigenvalue weighted by Gasteiger charge is -2.09. The van der Waals surface area contributed by atoms with Gasteiger partial charge in [0.1, 0.15) is 5.03 Å². The average Bonchev–Trinajstić information content (AvgIpc) is 2.65. The molecule has 7 heteroatoms. The number of hydrogen-bond acceptors (Lipinski definition) is 5. The molecule has 0 amide bonds. The van der Waals surface area contributed by atoms with E-state index < -0.39 is 0 Å². The molecule has 2 heterocycles. The molecule has 0 unspecified atom stereocenters. The molecule has 0 aliphatic heterocycles. The summed E-state index contributed by atoms with van der Waals surface area (Å²) < 4.78 is 1.58. The van der Waals surface area contributed by atoms with Gasteiger partial charge in [-0.1, -0.05) is 0 Å². The summed E-state index contributed by atoms with van der Waals surface area (Å²) >= 11 is 1.29. The van der Waals surface area contributed by atoms with Crippen LogP contribution in [0.15, 0.2) is 27.1 Å². The summed E-state index contributed by atoms with van der Waals surface area (Å²) in [5.74, 6) is 0. The maximum atomic E-state index is 11.6. The third-order valence-electron chi connectivity index (χ3n) is 2.41. The van der Waals surface area contributed by atoms with E-state index in [0.717, 1.165) is 5.69 Å². The maximum Gasteiger partial charge on any atom is 0.344 e. The monoisotopic (exact) mass is 265 g/mol. The molecule has 0 saturated carbocycles. The number of hydrogen-bond donors (Lipinski definition) is 2. The van der Waals surface area contributed by atoms with Crippen molar-refractivity contribution < 1.29 is 0 Å². The normalized spacial score (nSPS) is 11.1. The molecule has 0 spiro atoms. The Morgan fingerprint density at radius 1 is 1.44 bits per heavy atom. The topological polar surface area (TPSA) is 89.6 Å². The highest BCUT2D eigenvalue weighted by atomic mass is 32.2. The van der Waals surface area contributed by atoms with E-state index >= 15 is 0 Å². The van der Waals surface area contributed by atoms with Gasteiger partial charge in [0.05, 0.1) is 5.69 Å². The van der Waals surface area contributed by atoms with Gasteiger partial charge in [0.15, 0.2) is 5.16 Å². The van der Waals surface area contributed by atoms with Gasteiger partial charge >= 0.3 is 5.69 Å². The van der Waals surface area contributed by atoms with Crippen LogP contribution in [0.2, 0.25) is 0 Å². The molecule has 0 aliphatic rings. The Bertz CT molecular complexity index is 616. The van der Waals surface area contributed by atoms with Crippen LogP contribution in [-0.2, 0) is 0 Å². The zero-order valence-corrected chi connectivity index (χ0v) is 11.3. The zero-order valence-electron chi connectivity index (χ0n) is 10.5. The summed E-state index contributed by atoms with van der Waals surface area (Å²) in [5, 5.41) is 7.67. The van der Waals surface area contributed by atoms with Crippen molar-refractivity contribution in [1.82, 2.24) is 19.7 Å². The zero-order chi connectivity index (χ0) is 13.3. The van der Waals surface area contributed by atoms with E-state index in [9.17, 15) is 4.79 Å². The van der Waals surface area contributed by atoms with Crippen molar-refractivity contribution in [3.63, 3.8) is 0 Å². The molecule has 0 saturated heterocycles. The third-order valence-corrected chi connectivity index (χ3v) is 3.40. The number of aryl methyl sites for hydroxylation is 1. The average molecular weight is 265 g/mol. The molecular formula is C11H15N5OS. The minimum Gasteiger partial charge on any atom is -0.397 e. The quantitative estimate of drug-likeness (QED) is 0.879. The summed E-state index contributed by atoms with van der Waals surface area (Å²) in [5.41, 5.74) is 7.09. The second kappa shape index (κ2) is 4.85. The van der Waals surface area contributed by atoms with Gasteiger partial charge < -0.3 is 5.73 Å². The first-order valence-electron chi connectivity index (χ1n) is 5.57. The summed E-state index contributed by atoms with van der Waals surface area (Å²) in [7, 11) is 0. The van der Waals surface area contributed by atoms with Crippen molar-refractivity contribution in [3.05, 3.63) is 28.3 Å². The molecule has 0 radical (unpaired) electrons. The molecule has 96 valence electrons. The molecule has 0 atom stereocenters. The Hall–Kier alpha value is -1.76. The fraction of sp³-hybridized carbons (Fsp3) is 0.364. The van der Waals surface area contributed by atoms with E-state index in [4.69, 9.17) is 5.73 Å². The Morgan fingerprint density at radius 3 is 2.83 bits per heavy atom. The smallest absolute Gasteiger partial charge is 0.344 e. The predicted octanol–water partition coefficient (Wildman–Crippen LogP) is 1.59. The molecule has 2 aromatic heterocycles. The third kappa shape index (κ3) is 2.40. The van der Waals surface area contributed by atoms with Crippen LogP contribution < -0.4 is 11.4 Å². The Balaban J connectivity index is 2.40. The summed E-state index contributed by atoms with van der Waals surface area (Å²) in [6.07, 6.45) is 0. The van der Waals surface area contributed by atoms with Crippen LogP contribution in [0.3, 0.4) is 0 Å². The van der Waals surface area contributed by atoms with Crippen molar-refractivity contribution >= 4 is 17.4 Å². The van der Waals surface area contributed by atoms with Crippen LogP contribution in [0.5, 0.6) is 0 Å². The number of aromatic amines is 1. The van der Waals surface area contributed by atoms with Crippen LogP contribution >= 0.6 is 11.8 Å². The van der Waals surface area contributed by atoms with E-state index in [-0.39, 0.29) is 11.7 Å². The molecule has 0 aliphatic carbocycles. The maximum absolute atomic E-state index is 11.6. The largest absolute Gasteiger partial charge is 0.397 e. The predicted molar refractivity (Wildman–Crippen MR) is 70.7 cm³/mol. The van der Waals surface area contributed by atoms with Gasteiger partial charge in [-0.2, -0.15) is 0 Å². The van der Waals surface area contributed by atoms with Gasteiger partial charge in [-0.15, -0.1) is 5.10 Å². The fourth-order valence-corrected chi connectivity index (χ4v) is 2.56. The number of anilines is 1. The summed E-state index contributed by atoms with van der Waals surface area (Å²) in [4.78, 5) is 15.9. The number of nitrogens with one attached hydrogen (secondary N) is 1. The van der Waals surface area contributed by atoms with E-state index in [0.29, 0.717) is 15.9 Å². The van der Waals surface area contributed by atoms with Gasteiger partial charge in [-0.05, 0) is 44.7 Å². The number of rotatable bonds is 3. The van der Waals surface area contributed by atoms with Crippen molar-refractivity contribution in [2.24, 2.45) is 0 Å². The Morgan fingerprint density at radius 2 is 2.17 bits per heavy atom. The standard InChI is InChI=1S/C11H15N5OS/c1-6(2)16-10(17)14-15-11(16)18-9-8(12)5-4-7(3)13-9/h4-6H,12H2,1-3H3,(H,14,17). The molecule has 0 aromatic carbocycles. The van der Waals surface area contributed by atoms with Crippen LogP contribution in [0.4, 0.5) is 5.69 Å². The molecule has 18 heavy (non-hydrogen) atoms. The van der Waals surface area contributed by atoms with Gasteiger partial charge in [-0.3, -0.25) is 4.57 Å². The Labute approximate surface area is 109 Å². The summed E-state index contributed by atoms with van der Waals surface area (Å²) in [6, 6.07) is 3.68. The highest BCUT2D eigenvalue weighted by molar-refractivity contribution is 7.99. The first-order valence-corrected chi connectivity index (χ1v) is 6.38. The SMILES string of the molecule is Cc1ccc(N)c(Sc2n[nH]c(=O)n2C(C)C)n1. The van der Waals surface area contributed by atoms with Crippen molar-refractivity contribution in [2.45, 2.75) is 37.0 Å². The molecule has 0 bridgehead atoms. The number of pyridine rings is 1. The van der Waals surface area contributed by atoms with E-state index in [1.165, 1.54) is 11.8 Å². The van der Waals surface area contributed by atoms with Crippen LogP contribution in [0.1, 0.15) is 25.6 Å². The highest BCUT2D eigenvalue weighted by Crippen LogP contribution is 2.29. The number of nitrogens with zero attached hydrogens (tertiary/aromatic N) is 3. The minimum absolute atomic E-state index is 0.0322. The van der Waals surface area contributed by atoms with E-state index in [2.05, 4.69) is 15.2 Å². The first-order chi connectivity index (χ1) is 8.49. The van der Waals surface area contributed by atoms with Crippen LogP contribution in [0.25, 0.3) is 0 Å². The fourth-order valence-electron chi connectivity index (χ4n) is 1.53. The van der Waals surface area contributed by atoms with Gasteiger partial charge in [0.2, 0.25) is 0 Å². The second-order valence-corrected chi connectivity index (χ2v) is 5.18. The summed E-state index contributed by atoms with van der Waals surface area (Å²) in [6.45, 7) is 5.74. The molecule has 3 N–H and O–H groups in total. The lowest BCUT2D eigenvalue weighted by atomic mass is 10.3. The lowest BCUT2D eigenvalue weighted by molar-refractivity contribution is 0.534. The molecule has 0 fully saturated rings. The van der Waals surface area contributed by atoms with Crippen LogP contribution in [0, 0.1) is 6.92 Å². The number of H-pyrrole nitrogens is 1. The van der Waals surface area contributed by atoms with E-state index in [1.807, 2.05) is 26.8 Å². The van der Waals surface area contributed by atoms with Gasteiger partial charge in [0, 0.05) is 11.7 Å².